The zero-order valence-electron chi connectivity index (χ0n) is 10.5. The zero-order chi connectivity index (χ0) is 15.1. The van der Waals surface area contributed by atoms with Crippen LogP contribution in [0, 0.1) is 11.3 Å². The van der Waals surface area contributed by atoms with E-state index in [9.17, 15) is 15.0 Å². The summed E-state index contributed by atoms with van der Waals surface area (Å²) in [5.74, 6) is 0. The van der Waals surface area contributed by atoms with E-state index in [-0.39, 0.29) is 16.7 Å². The number of H-pyrrole nitrogens is 1. The molecule has 2 aromatic heterocycles. The van der Waals surface area contributed by atoms with Crippen LogP contribution in [-0.4, -0.2) is 60.0 Å². The molecule has 0 unspecified atom stereocenters. The minimum atomic E-state index is -1.38. The Bertz CT molecular complexity index is 777. The van der Waals surface area contributed by atoms with Crippen LogP contribution < -0.4 is 5.56 Å². The highest BCUT2D eigenvalue weighted by Crippen LogP contribution is 2.30. The molecule has 0 radical (unpaired) electrons. The van der Waals surface area contributed by atoms with Gasteiger partial charge in [0.05, 0.1) is 12.9 Å². The Kier molecular flexibility index (Phi) is 3.19. The predicted molar refractivity (Wildman–Crippen MR) is 65.9 cm³/mol. The number of hydrogen-bond acceptors (Lipinski definition) is 8. The number of nitrogens with one attached hydrogen (secondary N) is 1. The highest BCUT2D eigenvalue weighted by molar-refractivity contribution is 5.79. The Hall–Kier alpha value is -2.32. The number of aromatic amines is 1. The maximum atomic E-state index is 11.8. The zero-order valence-corrected chi connectivity index (χ0v) is 10.5. The first-order valence-electron chi connectivity index (χ1n) is 6.07. The molecule has 0 saturated carbocycles. The average Bonchev–Trinajstić information content (AvgIpc) is 2.99. The van der Waals surface area contributed by atoms with Crippen molar-refractivity contribution in [3.05, 3.63) is 22.4 Å². The van der Waals surface area contributed by atoms with Gasteiger partial charge in [0, 0.05) is 0 Å². The van der Waals surface area contributed by atoms with Gasteiger partial charge in [0.15, 0.2) is 17.6 Å². The molecule has 4 N–H and O–H groups in total. The van der Waals surface area contributed by atoms with E-state index in [2.05, 4.69) is 15.1 Å². The van der Waals surface area contributed by atoms with E-state index in [1.54, 1.807) is 6.07 Å². The fourth-order valence-corrected chi connectivity index (χ4v) is 2.32. The van der Waals surface area contributed by atoms with Gasteiger partial charge < -0.3 is 25.0 Å². The van der Waals surface area contributed by atoms with Gasteiger partial charge in [-0.2, -0.15) is 10.4 Å². The van der Waals surface area contributed by atoms with E-state index in [1.807, 2.05) is 0 Å². The van der Waals surface area contributed by atoms with Crippen LogP contribution in [-0.2, 0) is 4.74 Å². The van der Waals surface area contributed by atoms with E-state index in [4.69, 9.17) is 15.1 Å². The number of aliphatic hydroxyl groups is 3. The molecule has 0 aromatic carbocycles. The minimum Gasteiger partial charge on any atom is -0.394 e. The Morgan fingerprint density at radius 1 is 1.48 bits per heavy atom. The third-order valence-corrected chi connectivity index (χ3v) is 3.36. The van der Waals surface area contributed by atoms with Gasteiger partial charge in [-0.05, 0) is 0 Å². The number of nitriles is 1. The lowest BCUT2D eigenvalue weighted by molar-refractivity contribution is -0.0567. The van der Waals surface area contributed by atoms with Crippen LogP contribution in [0.2, 0.25) is 0 Å². The van der Waals surface area contributed by atoms with Gasteiger partial charge in [0.25, 0.3) is 5.56 Å². The Morgan fingerprint density at radius 2 is 2.24 bits per heavy atom. The standard InChI is InChI=1S/C11H11N5O5/c12-1-4-6-9(13-3-14-10(6)20)16(15-4)11-8(19)7(18)5(2-17)21-11/h3,5,7-8,11,17-19H,2H2,(H,13,14,20)/t5-,7-,8-,11-/m1/s1. The van der Waals surface area contributed by atoms with Gasteiger partial charge >= 0.3 is 0 Å². The summed E-state index contributed by atoms with van der Waals surface area (Å²) < 4.78 is 6.38. The number of hydrogen-bond donors (Lipinski definition) is 4. The number of nitrogens with zero attached hydrogens (tertiary/aromatic N) is 4. The molecule has 10 nitrogen and oxygen atoms in total. The second kappa shape index (κ2) is 4.90. The first-order valence-corrected chi connectivity index (χ1v) is 6.07. The average molecular weight is 293 g/mol. The lowest BCUT2D eigenvalue weighted by atomic mass is 10.1. The van der Waals surface area contributed by atoms with Crippen LogP contribution >= 0.6 is 0 Å². The van der Waals surface area contributed by atoms with Crippen LogP contribution in [0.15, 0.2) is 11.1 Å². The number of fused-ring (bicyclic) bond motifs is 1. The molecule has 3 heterocycles. The van der Waals surface area contributed by atoms with Crippen LogP contribution in [0.5, 0.6) is 0 Å². The van der Waals surface area contributed by atoms with Crippen LogP contribution in [0.25, 0.3) is 11.0 Å². The van der Waals surface area contributed by atoms with Crippen LogP contribution in [0.4, 0.5) is 0 Å². The Balaban J connectivity index is 2.17. The molecule has 110 valence electrons. The van der Waals surface area contributed by atoms with E-state index in [0.29, 0.717) is 0 Å². The van der Waals surface area contributed by atoms with Crippen LogP contribution in [0.3, 0.4) is 0 Å². The molecule has 1 aliphatic heterocycles. The highest BCUT2D eigenvalue weighted by atomic mass is 16.6. The molecular formula is C11H11N5O5. The molecule has 0 aliphatic carbocycles. The van der Waals surface area contributed by atoms with Gasteiger partial charge in [0.1, 0.15) is 29.8 Å². The molecule has 0 spiro atoms. The van der Waals surface area contributed by atoms with Gasteiger partial charge in [-0.3, -0.25) is 4.79 Å². The second-order valence-electron chi connectivity index (χ2n) is 4.56. The summed E-state index contributed by atoms with van der Waals surface area (Å²) >= 11 is 0. The molecule has 4 atom stereocenters. The quantitative estimate of drug-likeness (QED) is 0.477. The SMILES string of the molecule is N#Cc1nn([C@@H]2O[C@H](CO)[C@@H](O)[C@H]2O)c2nc[nH]c(=O)c12. The summed E-state index contributed by atoms with van der Waals surface area (Å²) in [6.45, 7) is -0.493. The van der Waals surface area contributed by atoms with Gasteiger partial charge in [-0.1, -0.05) is 0 Å². The Morgan fingerprint density at radius 3 is 2.86 bits per heavy atom. The molecule has 3 rings (SSSR count). The molecule has 1 saturated heterocycles. The van der Waals surface area contributed by atoms with Gasteiger partial charge in [0.2, 0.25) is 0 Å². The monoisotopic (exact) mass is 293 g/mol. The fraction of sp³-hybridized carbons (Fsp3) is 0.455. The number of rotatable bonds is 2. The van der Waals surface area contributed by atoms with Crippen molar-refractivity contribution in [1.29, 1.82) is 5.26 Å². The van der Waals surface area contributed by atoms with Crippen LogP contribution in [0.1, 0.15) is 11.9 Å². The molecule has 0 bridgehead atoms. The van der Waals surface area contributed by atoms with Gasteiger partial charge in [-0.15, -0.1) is 0 Å². The van der Waals surface area contributed by atoms with Crippen molar-refractivity contribution in [3.63, 3.8) is 0 Å². The van der Waals surface area contributed by atoms with E-state index >= 15 is 0 Å². The first kappa shape index (κ1) is 13.7. The maximum absolute atomic E-state index is 11.8. The number of ether oxygens (including phenoxy) is 1. The van der Waals surface area contributed by atoms with E-state index in [1.165, 1.54) is 0 Å². The molecule has 21 heavy (non-hydrogen) atoms. The van der Waals surface area contributed by atoms with Crippen molar-refractivity contribution in [2.24, 2.45) is 0 Å². The largest absolute Gasteiger partial charge is 0.394 e. The van der Waals surface area contributed by atoms with Gasteiger partial charge in [-0.25, -0.2) is 9.67 Å². The second-order valence-corrected chi connectivity index (χ2v) is 4.56. The third-order valence-electron chi connectivity index (χ3n) is 3.36. The summed E-state index contributed by atoms with van der Waals surface area (Å²) in [6, 6.07) is 1.76. The summed E-state index contributed by atoms with van der Waals surface area (Å²) in [7, 11) is 0. The maximum Gasteiger partial charge on any atom is 0.263 e. The highest BCUT2D eigenvalue weighted by Gasteiger charge is 2.44. The smallest absolute Gasteiger partial charge is 0.263 e. The molecule has 0 amide bonds. The third kappa shape index (κ3) is 1.91. The number of aliphatic hydroxyl groups excluding tert-OH is 3. The number of aromatic nitrogens is 4. The predicted octanol–water partition coefficient (Wildman–Crippen LogP) is -2.40. The summed E-state index contributed by atoms with van der Waals surface area (Å²) in [4.78, 5) is 18.0. The summed E-state index contributed by atoms with van der Waals surface area (Å²) in [5, 5.41) is 41.7. The van der Waals surface area contributed by atoms with E-state index in [0.717, 1.165) is 11.0 Å². The van der Waals surface area contributed by atoms with E-state index < -0.39 is 36.7 Å². The summed E-state index contributed by atoms with van der Waals surface area (Å²) in [5.41, 5.74) is -0.670. The van der Waals surface area contributed by atoms with Crippen molar-refractivity contribution in [1.82, 2.24) is 19.7 Å². The van der Waals surface area contributed by atoms with Crippen molar-refractivity contribution in [2.75, 3.05) is 6.61 Å². The molecule has 10 heteroatoms. The molecule has 1 fully saturated rings. The van der Waals surface area contributed by atoms with Crippen molar-refractivity contribution in [2.45, 2.75) is 24.5 Å². The molecule has 1 aliphatic rings. The lowest BCUT2D eigenvalue weighted by Crippen LogP contribution is -2.33. The Labute approximate surface area is 116 Å². The van der Waals surface area contributed by atoms with Crippen molar-refractivity contribution < 1.29 is 20.1 Å². The lowest BCUT2D eigenvalue weighted by Gasteiger charge is -2.15. The topological polar surface area (TPSA) is 157 Å². The fourth-order valence-electron chi connectivity index (χ4n) is 2.32. The first-order chi connectivity index (χ1) is 10.1. The minimum absolute atomic E-state index is 0.0299. The van der Waals surface area contributed by atoms with Crippen molar-refractivity contribution in [3.8, 4) is 6.07 Å². The normalized spacial score (nSPS) is 28.9. The summed E-state index contributed by atoms with van der Waals surface area (Å²) in [6.07, 6.45) is -3.71. The van der Waals surface area contributed by atoms with Crippen molar-refractivity contribution >= 4 is 11.0 Å². The molecular weight excluding hydrogens is 282 g/mol. The molecule has 2 aromatic rings.